The third-order valence-electron chi connectivity index (χ3n) is 2.17. The fourth-order valence-electron chi connectivity index (χ4n) is 1.45. The summed E-state index contributed by atoms with van der Waals surface area (Å²) in [5.74, 6) is -0.548. The lowest BCUT2D eigenvalue weighted by molar-refractivity contribution is 0.624. The van der Waals surface area contributed by atoms with Crippen LogP contribution in [-0.2, 0) is 7.05 Å². The zero-order valence-corrected chi connectivity index (χ0v) is 9.86. The molecule has 0 bridgehead atoms. The van der Waals surface area contributed by atoms with E-state index in [1.54, 1.807) is 19.2 Å². The summed E-state index contributed by atoms with van der Waals surface area (Å²) in [5, 5.41) is 16.5. The van der Waals surface area contributed by atoms with Gasteiger partial charge in [0.2, 0.25) is 0 Å². The fraction of sp³-hybridized carbons (Fsp3) is 0.100. The van der Waals surface area contributed by atoms with Crippen LogP contribution < -0.4 is 0 Å². The number of nitriles is 1. The number of hydrogen-bond donors (Lipinski definition) is 0. The van der Waals surface area contributed by atoms with E-state index in [0.29, 0.717) is 15.9 Å². The smallest absolute Gasteiger partial charge is 0.156 e. The average Bonchev–Trinajstić information content (AvgIpc) is 2.58. The van der Waals surface area contributed by atoms with Crippen molar-refractivity contribution in [2.45, 2.75) is 0 Å². The van der Waals surface area contributed by atoms with Gasteiger partial charge in [0.1, 0.15) is 17.6 Å². The Morgan fingerprint density at radius 2 is 2.25 bits per heavy atom. The topological polar surface area (TPSA) is 54.5 Å². The Kier molecular flexibility index (Phi) is 2.71. The standard InChI is InChI=1S/C10H6BrFN4/c1-16-9(10(11)14-15-16)6-3-2-4-8(12)7(6)5-13/h2-4H,1H3. The summed E-state index contributed by atoms with van der Waals surface area (Å²) in [6.45, 7) is 0. The van der Waals surface area contributed by atoms with Crippen LogP contribution in [0.4, 0.5) is 4.39 Å². The van der Waals surface area contributed by atoms with Crippen LogP contribution in [0.5, 0.6) is 0 Å². The van der Waals surface area contributed by atoms with Crippen LogP contribution in [0.3, 0.4) is 0 Å². The molecule has 16 heavy (non-hydrogen) atoms. The highest BCUT2D eigenvalue weighted by atomic mass is 79.9. The molecule has 0 N–H and O–H groups in total. The molecule has 80 valence electrons. The summed E-state index contributed by atoms with van der Waals surface area (Å²) < 4.78 is 15.4. The molecule has 0 aliphatic carbocycles. The van der Waals surface area contributed by atoms with Crippen LogP contribution in [0.2, 0.25) is 0 Å². The number of halogens is 2. The molecular formula is C10H6BrFN4. The second-order valence-electron chi connectivity index (χ2n) is 3.13. The Morgan fingerprint density at radius 3 is 2.81 bits per heavy atom. The predicted octanol–water partition coefficient (Wildman–Crippen LogP) is 2.26. The first-order valence-electron chi connectivity index (χ1n) is 4.39. The third kappa shape index (κ3) is 1.59. The summed E-state index contributed by atoms with van der Waals surface area (Å²) >= 11 is 3.22. The van der Waals surface area contributed by atoms with Gasteiger partial charge in [-0.1, -0.05) is 17.3 Å². The van der Waals surface area contributed by atoms with Gasteiger partial charge in [0, 0.05) is 12.6 Å². The van der Waals surface area contributed by atoms with Crippen molar-refractivity contribution in [3.05, 3.63) is 34.2 Å². The summed E-state index contributed by atoms with van der Waals surface area (Å²) in [7, 11) is 1.68. The van der Waals surface area contributed by atoms with Gasteiger partial charge in [-0.25, -0.2) is 9.07 Å². The van der Waals surface area contributed by atoms with Crippen molar-refractivity contribution < 1.29 is 4.39 Å². The van der Waals surface area contributed by atoms with Crippen LogP contribution in [0.15, 0.2) is 22.8 Å². The lowest BCUT2D eigenvalue weighted by Gasteiger charge is -2.04. The van der Waals surface area contributed by atoms with Crippen molar-refractivity contribution in [3.63, 3.8) is 0 Å². The van der Waals surface area contributed by atoms with Crippen LogP contribution in [0.25, 0.3) is 11.3 Å². The van der Waals surface area contributed by atoms with Gasteiger partial charge in [-0.15, -0.1) is 5.10 Å². The largest absolute Gasteiger partial charge is 0.246 e. The van der Waals surface area contributed by atoms with Gasteiger partial charge < -0.3 is 0 Å². The van der Waals surface area contributed by atoms with Crippen molar-refractivity contribution in [2.24, 2.45) is 7.05 Å². The molecule has 0 saturated heterocycles. The number of aryl methyl sites for hydroxylation is 1. The Hall–Kier alpha value is -1.74. The van der Waals surface area contributed by atoms with E-state index in [1.807, 2.05) is 6.07 Å². The van der Waals surface area contributed by atoms with E-state index in [-0.39, 0.29) is 5.56 Å². The Labute approximate surface area is 99.4 Å². The summed E-state index contributed by atoms with van der Waals surface area (Å²) in [5.41, 5.74) is 1.05. The molecule has 1 heterocycles. The van der Waals surface area contributed by atoms with E-state index in [0.717, 1.165) is 0 Å². The minimum atomic E-state index is -0.548. The van der Waals surface area contributed by atoms with Crippen LogP contribution >= 0.6 is 15.9 Å². The molecule has 2 aromatic rings. The number of rotatable bonds is 1. The van der Waals surface area contributed by atoms with Gasteiger partial charge in [-0.05, 0) is 22.0 Å². The SMILES string of the molecule is Cn1nnc(Br)c1-c1cccc(F)c1C#N. The molecule has 0 fully saturated rings. The van der Waals surface area contributed by atoms with Crippen molar-refractivity contribution in [1.29, 1.82) is 5.26 Å². The molecule has 0 amide bonds. The van der Waals surface area contributed by atoms with E-state index in [1.165, 1.54) is 10.7 Å². The summed E-state index contributed by atoms with van der Waals surface area (Å²) in [4.78, 5) is 0. The average molecular weight is 281 g/mol. The molecule has 0 aliphatic heterocycles. The minimum Gasteiger partial charge on any atom is -0.246 e. The molecule has 0 unspecified atom stereocenters. The van der Waals surface area contributed by atoms with Gasteiger partial charge in [0.25, 0.3) is 0 Å². The van der Waals surface area contributed by atoms with Gasteiger partial charge in [0.05, 0.1) is 5.56 Å². The van der Waals surface area contributed by atoms with Gasteiger partial charge >= 0.3 is 0 Å². The summed E-state index contributed by atoms with van der Waals surface area (Å²) in [6.07, 6.45) is 0. The molecule has 1 aromatic carbocycles. The monoisotopic (exact) mass is 280 g/mol. The maximum atomic E-state index is 13.4. The highest BCUT2D eigenvalue weighted by molar-refractivity contribution is 9.10. The molecule has 0 aliphatic rings. The highest BCUT2D eigenvalue weighted by Crippen LogP contribution is 2.29. The van der Waals surface area contributed by atoms with Crippen molar-refractivity contribution in [2.75, 3.05) is 0 Å². The van der Waals surface area contributed by atoms with Crippen molar-refractivity contribution in [3.8, 4) is 17.3 Å². The quantitative estimate of drug-likeness (QED) is 0.805. The van der Waals surface area contributed by atoms with Gasteiger partial charge in [0.15, 0.2) is 4.60 Å². The summed E-state index contributed by atoms with van der Waals surface area (Å²) in [6, 6.07) is 6.30. The van der Waals surface area contributed by atoms with E-state index < -0.39 is 5.82 Å². The lowest BCUT2D eigenvalue weighted by Crippen LogP contribution is -1.97. The van der Waals surface area contributed by atoms with Crippen LogP contribution in [0, 0.1) is 17.1 Å². The normalized spacial score (nSPS) is 10.1. The molecule has 1 aromatic heterocycles. The molecule has 0 atom stereocenters. The minimum absolute atomic E-state index is 0.00593. The van der Waals surface area contributed by atoms with E-state index in [9.17, 15) is 4.39 Å². The zero-order chi connectivity index (χ0) is 11.7. The van der Waals surface area contributed by atoms with E-state index in [4.69, 9.17) is 5.26 Å². The maximum absolute atomic E-state index is 13.4. The van der Waals surface area contributed by atoms with Gasteiger partial charge in [-0.3, -0.25) is 0 Å². The molecular weight excluding hydrogens is 275 g/mol. The first-order valence-corrected chi connectivity index (χ1v) is 5.18. The first kappa shape index (κ1) is 10.8. The Morgan fingerprint density at radius 1 is 1.50 bits per heavy atom. The second kappa shape index (κ2) is 4.02. The van der Waals surface area contributed by atoms with Crippen molar-refractivity contribution in [1.82, 2.24) is 15.0 Å². The molecule has 6 heteroatoms. The van der Waals surface area contributed by atoms with E-state index in [2.05, 4.69) is 26.2 Å². The Bertz CT molecular complexity index is 565. The number of benzene rings is 1. The molecule has 0 saturated carbocycles. The Balaban J connectivity index is 2.75. The maximum Gasteiger partial charge on any atom is 0.156 e. The van der Waals surface area contributed by atoms with Crippen molar-refractivity contribution >= 4 is 15.9 Å². The molecule has 4 nitrogen and oxygen atoms in total. The van der Waals surface area contributed by atoms with E-state index >= 15 is 0 Å². The number of nitrogens with zero attached hydrogens (tertiary/aromatic N) is 4. The fourth-order valence-corrected chi connectivity index (χ4v) is 1.99. The number of hydrogen-bond acceptors (Lipinski definition) is 3. The molecule has 2 rings (SSSR count). The lowest BCUT2D eigenvalue weighted by atomic mass is 10.1. The van der Waals surface area contributed by atoms with Crippen LogP contribution in [-0.4, -0.2) is 15.0 Å². The second-order valence-corrected chi connectivity index (χ2v) is 3.88. The molecule has 0 spiro atoms. The third-order valence-corrected chi connectivity index (χ3v) is 2.70. The number of aromatic nitrogens is 3. The highest BCUT2D eigenvalue weighted by Gasteiger charge is 2.16. The predicted molar refractivity (Wildman–Crippen MR) is 58.8 cm³/mol. The molecule has 0 radical (unpaired) electrons. The van der Waals surface area contributed by atoms with Gasteiger partial charge in [-0.2, -0.15) is 5.26 Å². The first-order chi connectivity index (χ1) is 7.65. The van der Waals surface area contributed by atoms with Crippen LogP contribution in [0.1, 0.15) is 5.56 Å². The zero-order valence-electron chi connectivity index (χ0n) is 8.28.